The molecular formula is C16H16N2O2S. The van der Waals surface area contributed by atoms with Gasteiger partial charge in [0.05, 0.1) is 12.8 Å². The molecule has 0 unspecified atom stereocenters. The Morgan fingerprint density at radius 2 is 1.67 bits per heavy atom. The van der Waals surface area contributed by atoms with Crippen LogP contribution < -0.4 is 4.31 Å². The second-order valence-corrected chi connectivity index (χ2v) is 6.90. The van der Waals surface area contributed by atoms with E-state index in [0.29, 0.717) is 12.4 Å². The molecule has 2 aromatic carbocycles. The molecule has 0 radical (unpaired) electrons. The van der Waals surface area contributed by atoms with Gasteiger partial charge in [0.1, 0.15) is 5.82 Å². The van der Waals surface area contributed by atoms with Crippen LogP contribution in [0.5, 0.6) is 0 Å². The lowest BCUT2D eigenvalue weighted by molar-refractivity contribution is 0.596. The Labute approximate surface area is 124 Å². The molecule has 4 nitrogen and oxygen atoms in total. The van der Waals surface area contributed by atoms with Crippen LogP contribution in [0.2, 0.25) is 0 Å². The van der Waals surface area contributed by atoms with Crippen LogP contribution in [0.4, 0.5) is 5.82 Å². The van der Waals surface area contributed by atoms with Crippen LogP contribution in [0.3, 0.4) is 0 Å². The van der Waals surface area contributed by atoms with Crippen molar-refractivity contribution in [3.8, 4) is 0 Å². The van der Waals surface area contributed by atoms with Crippen LogP contribution in [-0.4, -0.2) is 19.7 Å². The first-order valence-corrected chi connectivity index (χ1v) is 8.48. The first kappa shape index (κ1) is 13.7. The summed E-state index contributed by atoms with van der Waals surface area (Å²) in [7, 11) is -3.36. The van der Waals surface area contributed by atoms with E-state index >= 15 is 0 Å². The van der Waals surface area contributed by atoms with Crippen LogP contribution in [0.15, 0.2) is 60.7 Å². The predicted octanol–water partition coefficient (Wildman–Crippen LogP) is 3.13. The number of fused-ring (bicyclic) bond motifs is 1. The predicted molar refractivity (Wildman–Crippen MR) is 85.8 cm³/mol. The lowest BCUT2D eigenvalue weighted by Gasteiger charge is -2.20. The van der Waals surface area contributed by atoms with Gasteiger partial charge in [-0.3, -0.25) is 4.31 Å². The average molecular weight is 300 g/mol. The van der Waals surface area contributed by atoms with Crippen LogP contribution >= 0.6 is 0 Å². The summed E-state index contributed by atoms with van der Waals surface area (Å²) in [6, 6.07) is 19.2. The smallest absolute Gasteiger partial charge is 0.233 e. The largest absolute Gasteiger partial charge is 0.341 e. The van der Waals surface area contributed by atoms with Crippen molar-refractivity contribution in [3.63, 3.8) is 0 Å². The second-order valence-electron chi connectivity index (χ2n) is 5.00. The maximum Gasteiger partial charge on any atom is 0.233 e. The lowest BCUT2D eigenvalue weighted by atomic mass is 10.2. The molecule has 3 aromatic rings. The highest BCUT2D eigenvalue weighted by atomic mass is 32.2. The van der Waals surface area contributed by atoms with Crippen molar-refractivity contribution >= 4 is 26.7 Å². The van der Waals surface area contributed by atoms with Gasteiger partial charge in [-0.25, -0.2) is 8.42 Å². The maximum absolute atomic E-state index is 12.1. The van der Waals surface area contributed by atoms with E-state index in [-0.39, 0.29) is 0 Å². The molecule has 108 valence electrons. The zero-order chi connectivity index (χ0) is 14.9. The fraction of sp³-hybridized carbons (Fsp3) is 0.125. The fourth-order valence-electron chi connectivity index (χ4n) is 2.32. The summed E-state index contributed by atoms with van der Waals surface area (Å²) in [6.45, 7) is 0.312. The minimum atomic E-state index is -3.36. The Bertz CT molecular complexity index is 821. The topological polar surface area (TPSA) is 53.2 Å². The number of aromatic amines is 1. The first-order chi connectivity index (χ1) is 10.0. The van der Waals surface area contributed by atoms with Gasteiger partial charge in [0.25, 0.3) is 0 Å². The number of benzene rings is 2. The summed E-state index contributed by atoms with van der Waals surface area (Å²) in [4.78, 5) is 3.17. The lowest BCUT2D eigenvalue weighted by Crippen LogP contribution is -2.29. The van der Waals surface area contributed by atoms with Gasteiger partial charge >= 0.3 is 0 Å². The minimum Gasteiger partial charge on any atom is -0.341 e. The van der Waals surface area contributed by atoms with Gasteiger partial charge < -0.3 is 4.98 Å². The summed E-state index contributed by atoms with van der Waals surface area (Å²) < 4.78 is 25.6. The Morgan fingerprint density at radius 3 is 2.33 bits per heavy atom. The molecule has 1 aromatic heterocycles. The van der Waals surface area contributed by atoms with E-state index in [1.165, 1.54) is 10.6 Å². The van der Waals surface area contributed by atoms with Crippen LogP contribution in [0, 0.1) is 0 Å². The van der Waals surface area contributed by atoms with E-state index in [1.54, 1.807) is 0 Å². The van der Waals surface area contributed by atoms with Gasteiger partial charge in [0.15, 0.2) is 0 Å². The molecule has 5 heteroatoms. The third kappa shape index (κ3) is 2.92. The molecule has 0 fully saturated rings. The number of H-pyrrole nitrogens is 1. The number of para-hydroxylation sites is 1. The first-order valence-electron chi connectivity index (χ1n) is 6.63. The Kier molecular flexibility index (Phi) is 3.43. The second kappa shape index (κ2) is 5.26. The number of anilines is 1. The summed E-state index contributed by atoms with van der Waals surface area (Å²) >= 11 is 0. The van der Waals surface area contributed by atoms with Gasteiger partial charge in [0.2, 0.25) is 10.0 Å². The van der Waals surface area contributed by atoms with Crippen molar-refractivity contribution in [3.05, 3.63) is 66.2 Å². The van der Waals surface area contributed by atoms with Crippen molar-refractivity contribution in [2.75, 3.05) is 10.6 Å². The average Bonchev–Trinajstić information content (AvgIpc) is 2.88. The number of nitrogens with one attached hydrogen (secondary N) is 1. The molecule has 3 rings (SSSR count). The van der Waals surface area contributed by atoms with E-state index in [0.717, 1.165) is 16.5 Å². The third-order valence-corrected chi connectivity index (χ3v) is 4.48. The molecule has 0 amide bonds. The molecule has 0 saturated heterocycles. The number of aromatic nitrogens is 1. The van der Waals surface area contributed by atoms with Crippen LogP contribution in [0.25, 0.3) is 10.9 Å². The van der Waals surface area contributed by atoms with E-state index in [2.05, 4.69) is 4.98 Å². The van der Waals surface area contributed by atoms with Gasteiger partial charge in [-0.1, -0.05) is 48.5 Å². The van der Waals surface area contributed by atoms with Crippen molar-refractivity contribution in [2.45, 2.75) is 6.54 Å². The molecule has 0 saturated carbocycles. The summed E-state index contributed by atoms with van der Waals surface area (Å²) in [6.07, 6.45) is 1.22. The Hall–Kier alpha value is -2.27. The zero-order valence-electron chi connectivity index (χ0n) is 11.7. The van der Waals surface area contributed by atoms with Crippen molar-refractivity contribution < 1.29 is 8.42 Å². The van der Waals surface area contributed by atoms with Gasteiger partial charge in [-0.15, -0.1) is 0 Å². The van der Waals surface area contributed by atoms with E-state index < -0.39 is 10.0 Å². The quantitative estimate of drug-likeness (QED) is 0.805. The monoisotopic (exact) mass is 300 g/mol. The summed E-state index contributed by atoms with van der Waals surface area (Å²) in [5, 5.41) is 0.995. The number of nitrogens with zero attached hydrogens (tertiary/aromatic N) is 1. The molecule has 0 bridgehead atoms. The molecule has 0 spiro atoms. The molecule has 21 heavy (non-hydrogen) atoms. The van der Waals surface area contributed by atoms with E-state index in [4.69, 9.17) is 0 Å². The van der Waals surface area contributed by atoms with Crippen molar-refractivity contribution in [1.29, 1.82) is 0 Å². The highest BCUT2D eigenvalue weighted by Crippen LogP contribution is 2.24. The fourth-order valence-corrected chi connectivity index (χ4v) is 3.16. The SMILES string of the molecule is CS(=O)(=O)N(Cc1ccccc1)c1cc2ccccc2[nH]1. The van der Waals surface area contributed by atoms with E-state index in [9.17, 15) is 8.42 Å². The summed E-state index contributed by atoms with van der Waals surface area (Å²) in [5.41, 5.74) is 1.87. The summed E-state index contributed by atoms with van der Waals surface area (Å²) in [5.74, 6) is 0.586. The Balaban J connectivity index is 2.03. The maximum atomic E-state index is 12.1. The standard InChI is InChI=1S/C16H16N2O2S/c1-21(19,20)18(12-13-7-3-2-4-8-13)16-11-14-9-5-6-10-15(14)17-16/h2-11,17H,12H2,1H3. The number of rotatable bonds is 4. The van der Waals surface area contributed by atoms with Gasteiger partial charge in [-0.05, 0) is 17.7 Å². The normalized spacial score (nSPS) is 11.7. The van der Waals surface area contributed by atoms with Crippen molar-refractivity contribution in [2.24, 2.45) is 0 Å². The highest BCUT2D eigenvalue weighted by molar-refractivity contribution is 7.92. The van der Waals surface area contributed by atoms with E-state index in [1.807, 2.05) is 60.7 Å². The number of sulfonamides is 1. The van der Waals surface area contributed by atoms with Crippen molar-refractivity contribution in [1.82, 2.24) is 4.98 Å². The number of hydrogen-bond acceptors (Lipinski definition) is 2. The Morgan fingerprint density at radius 1 is 1.00 bits per heavy atom. The van der Waals surface area contributed by atoms with Gasteiger partial charge in [0, 0.05) is 10.9 Å². The molecule has 0 aliphatic carbocycles. The molecule has 0 aliphatic heterocycles. The molecular weight excluding hydrogens is 284 g/mol. The molecule has 1 heterocycles. The van der Waals surface area contributed by atoms with Gasteiger partial charge in [-0.2, -0.15) is 0 Å². The number of hydrogen-bond donors (Lipinski definition) is 1. The molecule has 0 aliphatic rings. The third-order valence-electron chi connectivity index (χ3n) is 3.35. The van der Waals surface area contributed by atoms with Crippen LogP contribution in [-0.2, 0) is 16.6 Å². The highest BCUT2D eigenvalue weighted by Gasteiger charge is 2.19. The molecule has 0 atom stereocenters. The van der Waals surface area contributed by atoms with Crippen LogP contribution in [0.1, 0.15) is 5.56 Å². The minimum absolute atomic E-state index is 0.312. The zero-order valence-corrected chi connectivity index (χ0v) is 12.5. The molecule has 1 N–H and O–H groups in total.